The fourth-order valence-corrected chi connectivity index (χ4v) is 4.36. The maximum Gasteiger partial charge on any atom is 0.336 e. The van der Waals surface area contributed by atoms with Gasteiger partial charge in [-0.3, -0.25) is 9.36 Å². The Morgan fingerprint density at radius 1 is 1.10 bits per heavy atom. The van der Waals surface area contributed by atoms with E-state index in [0.717, 1.165) is 15.7 Å². The molecule has 3 heterocycles. The first-order chi connectivity index (χ1) is 15.0. The lowest BCUT2D eigenvalue weighted by atomic mass is 10.1. The average molecular weight is 451 g/mol. The minimum atomic E-state index is -0.492. The molecule has 0 unspecified atom stereocenters. The summed E-state index contributed by atoms with van der Waals surface area (Å²) in [6, 6.07) is 16.0. The second-order valence-corrected chi connectivity index (χ2v) is 8.35. The Hall–Kier alpha value is -3.49. The highest BCUT2D eigenvalue weighted by Crippen LogP contribution is 2.20. The number of hydrogen-bond donors (Lipinski definition) is 0. The molecule has 2 aromatic carbocycles. The highest BCUT2D eigenvalue weighted by Gasteiger charge is 2.18. The second-order valence-electron chi connectivity index (χ2n) is 7.00. The number of thiophene rings is 1. The molecule has 0 aliphatic heterocycles. The van der Waals surface area contributed by atoms with Gasteiger partial charge in [0.15, 0.2) is 0 Å². The lowest BCUT2D eigenvalue weighted by Gasteiger charge is -2.10. The fraction of sp³-hybridized carbons (Fsp3) is 0.0909. The first-order valence-electron chi connectivity index (χ1n) is 9.40. The zero-order valence-electron chi connectivity index (χ0n) is 16.3. The fourth-order valence-electron chi connectivity index (χ4n) is 3.41. The molecule has 3 aromatic heterocycles. The quantitative estimate of drug-likeness (QED) is 0.408. The average Bonchev–Trinajstić information content (AvgIpc) is 3.42. The molecule has 0 aliphatic rings. The molecule has 0 bridgehead atoms. The van der Waals surface area contributed by atoms with Gasteiger partial charge >= 0.3 is 5.69 Å². The molecule has 0 atom stereocenters. The van der Waals surface area contributed by atoms with E-state index >= 15 is 0 Å². The Morgan fingerprint density at radius 2 is 1.90 bits per heavy atom. The highest BCUT2D eigenvalue weighted by atomic mass is 35.5. The van der Waals surface area contributed by atoms with Crippen LogP contribution in [0.2, 0.25) is 5.02 Å². The van der Waals surface area contributed by atoms with E-state index in [1.165, 1.54) is 15.9 Å². The number of benzene rings is 2. The van der Waals surface area contributed by atoms with Crippen molar-refractivity contribution in [3.63, 3.8) is 0 Å². The Bertz CT molecular complexity index is 1530. The molecule has 0 saturated carbocycles. The van der Waals surface area contributed by atoms with Crippen LogP contribution in [0.3, 0.4) is 0 Å². The molecule has 9 heteroatoms. The predicted octanol–water partition coefficient (Wildman–Crippen LogP) is 4.27. The third kappa shape index (κ3) is 3.49. The summed E-state index contributed by atoms with van der Waals surface area (Å²) in [5, 5.41) is 6.34. The van der Waals surface area contributed by atoms with Gasteiger partial charge in [0.2, 0.25) is 11.7 Å². The maximum atomic E-state index is 13.3. The third-order valence-corrected chi connectivity index (χ3v) is 6.02. The first kappa shape index (κ1) is 19.5. The van der Waals surface area contributed by atoms with Crippen molar-refractivity contribution in [2.45, 2.75) is 13.5 Å². The number of nitrogens with zero attached hydrogens (tertiary/aromatic N) is 4. The van der Waals surface area contributed by atoms with Crippen molar-refractivity contribution in [1.29, 1.82) is 0 Å². The number of aryl methyl sites for hydroxylation is 1. The highest BCUT2D eigenvalue weighted by molar-refractivity contribution is 7.17. The number of rotatable bonds is 4. The molecule has 0 saturated heterocycles. The van der Waals surface area contributed by atoms with Gasteiger partial charge in [0.25, 0.3) is 5.56 Å². The van der Waals surface area contributed by atoms with E-state index in [4.69, 9.17) is 16.1 Å². The molecular formula is C22H15ClN4O3S. The van der Waals surface area contributed by atoms with Crippen molar-refractivity contribution in [3.05, 3.63) is 97.3 Å². The molecule has 0 aliphatic carbocycles. The van der Waals surface area contributed by atoms with Crippen LogP contribution in [0.15, 0.2) is 74.1 Å². The lowest BCUT2D eigenvalue weighted by molar-refractivity contribution is 0.370. The molecule has 7 nitrogen and oxygen atoms in total. The molecule has 154 valence electrons. The van der Waals surface area contributed by atoms with Gasteiger partial charge in [0, 0.05) is 10.6 Å². The minimum absolute atomic E-state index is 0.0404. The van der Waals surface area contributed by atoms with E-state index in [1.807, 2.05) is 31.2 Å². The van der Waals surface area contributed by atoms with Crippen LogP contribution in [0.4, 0.5) is 0 Å². The van der Waals surface area contributed by atoms with Gasteiger partial charge < -0.3 is 4.52 Å². The summed E-state index contributed by atoms with van der Waals surface area (Å²) < 4.78 is 8.48. The van der Waals surface area contributed by atoms with Crippen molar-refractivity contribution in [3.8, 4) is 17.1 Å². The largest absolute Gasteiger partial charge is 0.337 e. The van der Waals surface area contributed by atoms with E-state index in [9.17, 15) is 9.59 Å². The van der Waals surface area contributed by atoms with E-state index < -0.39 is 5.69 Å². The normalized spacial score (nSPS) is 11.3. The monoisotopic (exact) mass is 450 g/mol. The van der Waals surface area contributed by atoms with E-state index in [2.05, 4.69) is 10.1 Å². The number of hydrogen-bond acceptors (Lipinski definition) is 6. The zero-order valence-corrected chi connectivity index (χ0v) is 17.9. The maximum absolute atomic E-state index is 13.3. The Balaban J connectivity index is 1.62. The topological polar surface area (TPSA) is 82.9 Å². The first-order valence-corrected chi connectivity index (χ1v) is 10.7. The number of fused-ring (bicyclic) bond motifs is 1. The summed E-state index contributed by atoms with van der Waals surface area (Å²) in [4.78, 5) is 30.8. The Labute approximate surface area is 184 Å². The van der Waals surface area contributed by atoms with Crippen LogP contribution in [0.25, 0.3) is 27.3 Å². The standard InChI is InChI=1S/C22H15ClN4O3S/c1-13-3-2-4-14(11-13)20-24-18(30-25-20)12-26-17-9-10-31-19(17)21(28)27(22(26)29)16-7-5-15(23)6-8-16/h2-11H,12H2,1H3. The van der Waals surface area contributed by atoms with Crippen LogP contribution in [-0.2, 0) is 6.54 Å². The summed E-state index contributed by atoms with van der Waals surface area (Å²) in [6.07, 6.45) is 0. The summed E-state index contributed by atoms with van der Waals surface area (Å²) in [7, 11) is 0. The zero-order chi connectivity index (χ0) is 21.5. The van der Waals surface area contributed by atoms with E-state index in [1.54, 1.807) is 35.7 Å². The van der Waals surface area contributed by atoms with Crippen LogP contribution >= 0.6 is 22.9 Å². The second kappa shape index (κ2) is 7.64. The Morgan fingerprint density at radius 3 is 2.68 bits per heavy atom. The van der Waals surface area contributed by atoms with Gasteiger partial charge in [-0.15, -0.1) is 11.3 Å². The van der Waals surface area contributed by atoms with E-state index in [0.29, 0.717) is 26.8 Å². The van der Waals surface area contributed by atoms with Gasteiger partial charge in [-0.05, 0) is 48.7 Å². The van der Waals surface area contributed by atoms with Crippen molar-refractivity contribution < 1.29 is 4.52 Å². The summed E-state index contributed by atoms with van der Waals surface area (Å²) >= 11 is 7.24. The van der Waals surface area contributed by atoms with Gasteiger partial charge in [0.05, 0.1) is 11.2 Å². The predicted molar refractivity (Wildman–Crippen MR) is 120 cm³/mol. The van der Waals surface area contributed by atoms with Gasteiger partial charge in [-0.1, -0.05) is 40.5 Å². The van der Waals surface area contributed by atoms with Crippen LogP contribution in [-0.4, -0.2) is 19.3 Å². The van der Waals surface area contributed by atoms with Gasteiger partial charge in [-0.2, -0.15) is 4.98 Å². The van der Waals surface area contributed by atoms with Crippen molar-refractivity contribution in [2.24, 2.45) is 0 Å². The minimum Gasteiger partial charge on any atom is -0.337 e. The van der Waals surface area contributed by atoms with Crippen LogP contribution in [0, 0.1) is 6.92 Å². The Kier molecular flexibility index (Phi) is 4.80. The summed E-state index contributed by atoms with van der Waals surface area (Å²) in [5.74, 6) is 0.715. The molecule has 5 rings (SSSR count). The molecule has 31 heavy (non-hydrogen) atoms. The third-order valence-electron chi connectivity index (χ3n) is 4.88. The van der Waals surface area contributed by atoms with Crippen LogP contribution < -0.4 is 11.2 Å². The van der Waals surface area contributed by atoms with Crippen molar-refractivity contribution in [2.75, 3.05) is 0 Å². The molecular weight excluding hydrogens is 436 g/mol. The smallest absolute Gasteiger partial charge is 0.336 e. The lowest BCUT2D eigenvalue weighted by Crippen LogP contribution is -2.38. The van der Waals surface area contributed by atoms with Gasteiger partial charge in [-0.25, -0.2) is 9.36 Å². The number of halogens is 1. The molecule has 0 amide bonds. The van der Waals surface area contributed by atoms with E-state index in [-0.39, 0.29) is 18.0 Å². The molecule has 0 spiro atoms. The van der Waals surface area contributed by atoms with Gasteiger partial charge in [0.1, 0.15) is 11.2 Å². The SMILES string of the molecule is Cc1cccc(-c2noc(Cn3c(=O)n(-c4ccc(Cl)cc4)c(=O)c4sccc43)n2)c1. The van der Waals surface area contributed by atoms with Crippen molar-refractivity contribution >= 4 is 33.2 Å². The number of aromatic nitrogens is 4. The summed E-state index contributed by atoms with van der Waals surface area (Å²) in [5.41, 5.74) is 2.01. The summed E-state index contributed by atoms with van der Waals surface area (Å²) in [6.45, 7) is 2.02. The molecule has 0 radical (unpaired) electrons. The molecule has 0 fully saturated rings. The molecule has 5 aromatic rings. The van der Waals surface area contributed by atoms with Crippen LogP contribution in [0.1, 0.15) is 11.5 Å². The van der Waals surface area contributed by atoms with Crippen molar-refractivity contribution in [1.82, 2.24) is 19.3 Å². The van der Waals surface area contributed by atoms with Crippen LogP contribution in [0.5, 0.6) is 0 Å². The molecule has 0 N–H and O–H groups in total.